The highest BCUT2D eigenvalue weighted by atomic mass is 35.5. The zero-order valence-corrected chi connectivity index (χ0v) is 18.5. The van der Waals surface area contributed by atoms with Gasteiger partial charge in [-0.25, -0.2) is 0 Å². The maximum Gasteiger partial charge on any atom is 0.260 e. The molecule has 0 bridgehead atoms. The van der Waals surface area contributed by atoms with Crippen LogP contribution in [0.2, 0.25) is 0 Å². The van der Waals surface area contributed by atoms with Crippen LogP contribution in [0, 0.1) is 0 Å². The Hall–Kier alpha value is -1.79. The Morgan fingerprint density at radius 3 is 2.34 bits per heavy atom. The molecule has 162 valence electrons. The van der Waals surface area contributed by atoms with E-state index in [4.69, 9.17) is 4.74 Å². The predicted octanol–water partition coefficient (Wildman–Crippen LogP) is 3.15. The van der Waals surface area contributed by atoms with Crippen molar-refractivity contribution in [2.75, 3.05) is 13.2 Å². The third kappa shape index (κ3) is 6.09. The average Bonchev–Trinajstić information content (AvgIpc) is 2.68. The average molecular weight is 424 g/mol. The van der Waals surface area contributed by atoms with Gasteiger partial charge < -0.3 is 20.3 Å². The van der Waals surface area contributed by atoms with Gasteiger partial charge in [-0.2, -0.15) is 0 Å². The molecule has 2 fully saturated rings. The second-order valence-corrected chi connectivity index (χ2v) is 8.21. The number of hydrogen-bond acceptors (Lipinski definition) is 4. The number of ether oxygens (including phenoxy) is 1. The number of carbonyl (C=O) groups excluding carboxylic acids is 2. The van der Waals surface area contributed by atoms with E-state index >= 15 is 0 Å². The first-order valence-electron chi connectivity index (χ1n) is 10.5. The lowest BCUT2D eigenvalue weighted by molar-refractivity contribution is -0.139. The highest BCUT2D eigenvalue weighted by Gasteiger charge is 2.29. The number of halogens is 1. The van der Waals surface area contributed by atoms with Crippen LogP contribution >= 0.6 is 12.4 Å². The highest BCUT2D eigenvalue weighted by molar-refractivity contribution is 5.94. The monoisotopic (exact) mass is 423 g/mol. The first-order valence-corrected chi connectivity index (χ1v) is 10.5. The molecule has 0 spiro atoms. The van der Waals surface area contributed by atoms with Gasteiger partial charge in [0.15, 0.2) is 6.61 Å². The van der Waals surface area contributed by atoms with Crippen LogP contribution in [0.3, 0.4) is 0 Å². The van der Waals surface area contributed by atoms with Crippen molar-refractivity contribution in [3.63, 3.8) is 0 Å². The number of piperidine rings is 2. The van der Waals surface area contributed by atoms with Crippen LogP contribution in [0.15, 0.2) is 24.3 Å². The number of rotatable bonds is 5. The molecule has 2 aliphatic heterocycles. The lowest BCUT2D eigenvalue weighted by Gasteiger charge is -2.38. The molecule has 2 N–H and O–H groups in total. The zero-order chi connectivity index (χ0) is 20.1. The fourth-order valence-electron chi connectivity index (χ4n) is 4.33. The van der Waals surface area contributed by atoms with E-state index in [0.717, 1.165) is 32.2 Å². The van der Waals surface area contributed by atoms with E-state index in [9.17, 15) is 9.59 Å². The van der Waals surface area contributed by atoms with Gasteiger partial charge in [0.1, 0.15) is 5.75 Å². The first-order chi connectivity index (χ1) is 13.5. The summed E-state index contributed by atoms with van der Waals surface area (Å²) in [6, 6.07) is 7.99. The lowest BCUT2D eigenvalue weighted by Crippen LogP contribution is -2.51. The smallest absolute Gasteiger partial charge is 0.260 e. The Bertz CT molecular complexity index is 672. The van der Waals surface area contributed by atoms with E-state index in [0.29, 0.717) is 11.3 Å². The number of likely N-dealkylation sites (tertiary alicyclic amines) is 1. The molecule has 2 heterocycles. The van der Waals surface area contributed by atoms with Crippen LogP contribution < -0.4 is 15.4 Å². The Morgan fingerprint density at radius 2 is 1.72 bits per heavy atom. The van der Waals surface area contributed by atoms with E-state index in [1.807, 2.05) is 4.90 Å². The molecule has 2 aliphatic rings. The molecule has 4 atom stereocenters. The minimum atomic E-state index is -0.0702. The van der Waals surface area contributed by atoms with Crippen molar-refractivity contribution in [1.82, 2.24) is 15.5 Å². The predicted molar refractivity (Wildman–Crippen MR) is 117 cm³/mol. The summed E-state index contributed by atoms with van der Waals surface area (Å²) in [4.78, 5) is 27.0. The van der Waals surface area contributed by atoms with Gasteiger partial charge in [-0.3, -0.25) is 9.59 Å². The maximum absolute atomic E-state index is 12.6. The van der Waals surface area contributed by atoms with Gasteiger partial charge in [-0.1, -0.05) is 0 Å². The van der Waals surface area contributed by atoms with Crippen LogP contribution in [-0.2, 0) is 4.79 Å². The zero-order valence-electron chi connectivity index (χ0n) is 17.6. The van der Waals surface area contributed by atoms with E-state index in [-0.39, 0.29) is 55.0 Å². The lowest BCUT2D eigenvalue weighted by atomic mass is 9.97. The number of nitrogens with zero attached hydrogens (tertiary/aromatic N) is 1. The summed E-state index contributed by atoms with van der Waals surface area (Å²) in [5.74, 6) is 0.564. The number of nitrogens with one attached hydrogen (secondary N) is 2. The number of amides is 2. The van der Waals surface area contributed by atoms with Crippen molar-refractivity contribution in [3.8, 4) is 5.75 Å². The van der Waals surface area contributed by atoms with Crippen molar-refractivity contribution >= 4 is 24.2 Å². The molecule has 0 radical (unpaired) electrons. The molecular formula is C22H34ClN3O3. The molecule has 1 aromatic rings. The third-order valence-corrected chi connectivity index (χ3v) is 6.04. The SMILES string of the molecule is CC1NCCCC1NC(=O)c1ccc(OCC(=O)N2C(C)CCCC2C)cc1.Cl. The largest absolute Gasteiger partial charge is 0.484 e. The summed E-state index contributed by atoms with van der Waals surface area (Å²) in [6.07, 6.45) is 5.34. The molecule has 4 unspecified atom stereocenters. The van der Waals surface area contributed by atoms with E-state index < -0.39 is 0 Å². The molecule has 3 rings (SSSR count). The van der Waals surface area contributed by atoms with Crippen LogP contribution in [0.1, 0.15) is 63.2 Å². The molecule has 0 saturated carbocycles. The van der Waals surface area contributed by atoms with Crippen LogP contribution in [0.4, 0.5) is 0 Å². The molecule has 2 amide bonds. The summed E-state index contributed by atoms with van der Waals surface area (Å²) >= 11 is 0. The molecule has 2 saturated heterocycles. The number of benzene rings is 1. The second-order valence-electron chi connectivity index (χ2n) is 8.21. The Balaban J connectivity index is 0.00000300. The van der Waals surface area contributed by atoms with Crippen LogP contribution in [-0.4, -0.2) is 54.0 Å². The first kappa shape index (κ1) is 23.5. The number of carbonyl (C=O) groups is 2. The van der Waals surface area contributed by atoms with Crippen molar-refractivity contribution < 1.29 is 14.3 Å². The molecule has 0 aliphatic carbocycles. The van der Waals surface area contributed by atoms with E-state index in [1.54, 1.807) is 24.3 Å². The van der Waals surface area contributed by atoms with E-state index in [2.05, 4.69) is 31.4 Å². The molecule has 0 aromatic heterocycles. The van der Waals surface area contributed by atoms with Gasteiger partial charge in [-0.05, 0) is 83.7 Å². The van der Waals surface area contributed by atoms with Crippen molar-refractivity contribution in [3.05, 3.63) is 29.8 Å². The maximum atomic E-state index is 12.6. The van der Waals surface area contributed by atoms with Gasteiger partial charge in [0.05, 0.1) is 0 Å². The molecule has 6 nitrogen and oxygen atoms in total. The highest BCUT2D eigenvalue weighted by Crippen LogP contribution is 2.23. The molecule has 1 aromatic carbocycles. The topological polar surface area (TPSA) is 70.7 Å². The van der Waals surface area contributed by atoms with Gasteiger partial charge in [-0.15, -0.1) is 12.4 Å². The van der Waals surface area contributed by atoms with Crippen LogP contribution in [0.5, 0.6) is 5.75 Å². The van der Waals surface area contributed by atoms with Crippen molar-refractivity contribution in [2.45, 2.75) is 77.0 Å². The quantitative estimate of drug-likeness (QED) is 0.763. The van der Waals surface area contributed by atoms with Gasteiger partial charge >= 0.3 is 0 Å². The Kier molecular flexibility index (Phi) is 8.78. The number of hydrogen-bond donors (Lipinski definition) is 2. The van der Waals surface area contributed by atoms with Crippen molar-refractivity contribution in [1.29, 1.82) is 0 Å². The Morgan fingerprint density at radius 1 is 1.07 bits per heavy atom. The normalized spacial score (nSPS) is 26.9. The van der Waals surface area contributed by atoms with Gasteiger partial charge in [0.2, 0.25) is 0 Å². The molecule has 29 heavy (non-hydrogen) atoms. The van der Waals surface area contributed by atoms with Crippen LogP contribution in [0.25, 0.3) is 0 Å². The second kappa shape index (κ2) is 10.8. The molecule has 7 heteroatoms. The Labute approximate surface area is 180 Å². The van der Waals surface area contributed by atoms with Crippen molar-refractivity contribution in [2.24, 2.45) is 0 Å². The summed E-state index contributed by atoms with van der Waals surface area (Å²) in [5, 5.41) is 6.49. The summed E-state index contributed by atoms with van der Waals surface area (Å²) < 4.78 is 5.69. The standard InChI is InChI=1S/C22H33N3O3.ClH/c1-15-6-4-7-16(2)25(15)21(26)14-28-19-11-9-18(10-12-19)22(27)24-20-8-5-13-23-17(20)3;/h9-12,15-17,20,23H,4-8,13-14H2,1-3H3,(H,24,27);1H. The van der Waals surface area contributed by atoms with Gasteiger partial charge in [0.25, 0.3) is 11.8 Å². The minimum Gasteiger partial charge on any atom is -0.484 e. The third-order valence-electron chi connectivity index (χ3n) is 6.04. The molecular weight excluding hydrogens is 390 g/mol. The summed E-state index contributed by atoms with van der Waals surface area (Å²) in [5.41, 5.74) is 0.606. The van der Waals surface area contributed by atoms with Gasteiger partial charge in [0, 0.05) is 29.7 Å². The summed E-state index contributed by atoms with van der Waals surface area (Å²) in [6.45, 7) is 7.34. The summed E-state index contributed by atoms with van der Waals surface area (Å²) in [7, 11) is 0. The fraction of sp³-hybridized carbons (Fsp3) is 0.636. The minimum absolute atomic E-state index is 0. The van der Waals surface area contributed by atoms with E-state index in [1.165, 1.54) is 6.42 Å². The fourth-order valence-corrected chi connectivity index (χ4v) is 4.33.